The van der Waals surface area contributed by atoms with Crippen LogP contribution < -0.4 is 21.3 Å². The van der Waals surface area contributed by atoms with E-state index in [-0.39, 0.29) is 6.10 Å². The molecule has 3 aromatic rings. The van der Waals surface area contributed by atoms with Crippen LogP contribution in [0.15, 0.2) is 39.0 Å². The summed E-state index contributed by atoms with van der Waals surface area (Å²) in [4.78, 5) is 37.8. The van der Waals surface area contributed by atoms with Crippen molar-refractivity contribution in [2.45, 2.75) is 19.1 Å². The lowest BCUT2D eigenvalue weighted by molar-refractivity contribution is 0.0736. The molecule has 0 unspecified atom stereocenters. The SMILES string of the molecule is COc1ccccc1C1=NO[C@H](Cn2c(NCCN(C)C)nc3c2c(=O)n(C)c(=O)n3C)C1. The van der Waals surface area contributed by atoms with Gasteiger partial charge in [-0.2, -0.15) is 4.98 Å². The molecule has 1 aliphatic heterocycles. The first-order valence-electron chi connectivity index (χ1n) is 10.7. The van der Waals surface area contributed by atoms with Crippen molar-refractivity contribution in [3.63, 3.8) is 0 Å². The van der Waals surface area contributed by atoms with Gasteiger partial charge < -0.3 is 24.4 Å². The van der Waals surface area contributed by atoms with Crippen LogP contribution in [0.3, 0.4) is 0 Å². The molecule has 0 fully saturated rings. The van der Waals surface area contributed by atoms with E-state index in [1.165, 1.54) is 11.6 Å². The molecule has 176 valence electrons. The Morgan fingerprint density at radius 1 is 1.21 bits per heavy atom. The Kier molecular flexibility index (Phi) is 6.23. The summed E-state index contributed by atoms with van der Waals surface area (Å²) < 4.78 is 9.72. The summed E-state index contributed by atoms with van der Waals surface area (Å²) in [5.74, 6) is 1.24. The zero-order valence-electron chi connectivity index (χ0n) is 19.5. The van der Waals surface area contributed by atoms with E-state index in [9.17, 15) is 9.59 Å². The number of hydrogen-bond donors (Lipinski definition) is 1. The summed E-state index contributed by atoms with van der Waals surface area (Å²) in [6.45, 7) is 1.75. The van der Waals surface area contributed by atoms with Gasteiger partial charge >= 0.3 is 5.69 Å². The quantitative estimate of drug-likeness (QED) is 0.530. The fourth-order valence-electron chi connectivity index (χ4n) is 3.92. The van der Waals surface area contributed by atoms with E-state index in [4.69, 9.17) is 9.57 Å². The van der Waals surface area contributed by atoms with Gasteiger partial charge in [-0.25, -0.2) is 4.79 Å². The van der Waals surface area contributed by atoms with Gasteiger partial charge in [0.15, 0.2) is 17.3 Å². The number of imidazole rings is 1. The van der Waals surface area contributed by atoms with Gasteiger partial charge in [0, 0.05) is 39.2 Å². The normalized spacial score (nSPS) is 15.7. The zero-order chi connectivity index (χ0) is 23.7. The Labute approximate surface area is 190 Å². The number of nitrogens with one attached hydrogen (secondary N) is 1. The average Bonchev–Trinajstić information content (AvgIpc) is 3.41. The van der Waals surface area contributed by atoms with Crippen LogP contribution >= 0.6 is 0 Å². The van der Waals surface area contributed by atoms with Crippen molar-refractivity contribution in [1.29, 1.82) is 0 Å². The van der Waals surface area contributed by atoms with Crippen LogP contribution in [0.1, 0.15) is 12.0 Å². The summed E-state index contributed by atoms with van der Waals surface area (Å²) >= 11 is 0. The Balaban J connectivity index is 1.68. The highest BCUT2D eigenvalue weighted by Gasteiger charge is 2.28. The van der Waals surface area contributed by atoms with E-state index >= 15 is 0 Å². The number of nitrogens with zero attached hydrogens (tertiary/aromatic N) is 6. The van der Waals surface area contributed by atoms with Crippen molar-refractivity contribution >= 4 is 22.8 Å². The number of hydrogen-bond acceptors (Lipinski definition) is 8. The number of anilines is 1. The fourth-order valence-corrected chi connectivity index (χ4v) is 3.92. The van der Waals surface area contributed by atoms with Crippen LogP contribution in [0, 0.1) is 0 Å². The number of para-hydroxylation sites is 1. The van der Waals surface area contributed by atoms with E-state index in [1.54, 1.807) is 18.7 Å². The number of aromatic nitrogens is 4. The fraction of sp³-hybridized carbons (Fsp3) is 0.455. The minimum Gasteiger partial charge on any atom is -0.496 e. The monoisotopic (exact) mass is 455 g/mol. The van der Waals surface area contributed by atoms with Crippen molar-refractivity contribution in [3.8, 4) is 5.75 Å². The van der Waals surface area contributed by atoms with Crippen molar-refractivity contribution < 1.29 is 9.57 Å². The molecule has 11 heteroatoms. The smallest absolute Gasteiger partial charge is 0.332 e. The predicted molar refractivity (Wildman–Crippen MR) is 126 cm³/mol. The summed E-state index contributed by atoms with van der Waals surface area (Å²) in [6, 6.07) is 7.65. The third-order valence-corrected chi connectivity index (χ3v) is 5.73. The van der Waals surface area contributed by atoms with Gasteiger partial charge in [0.1, 0.15) is 5.75 Å². The summed E-state index contributed by atoms with van der Waals surface area (Å²) in [5.41, 5.74) is 1.52. The maximum absolute atomic E-state index is 13.0. The maximum atomic E-state index is 13.0. The third kappa shape index (κ3) is 4.23. The van der Waals surface area contributed by atoms with Crippen LogP contribution in [0.5, 0.6) is 5.75 Å². The number of rotatable bonds is 8. The Hall–Kier alpha value is -3.60. The molecule has 1 aromatic carbocycles. The van der Waals surface area contributed by atoms with Gasteiger partial charge in [-0.05, 0) is 26.2 Å². The summed E-state index contributed by atoms with van der Waals surface area (Å²) in [6.07, 6.45) is 0.238. The molecule has 0 amide bonds. The standard InChI is InChI=1S/C22H29N7O4/c1-26(2)11-10-23-21-24-19-18(20(30)28(4)22(31)27(19)3)29(21)13-14-12-16(25-33-14)15-8-6-7-9-17(15)32-5/h6-9,14H,10-13H2,1-5H3,(H,23,24)/t14-/m0/s1. The van der Waals surface area contributed by atoms with Gasteiger partial charge in [0.25, 0.3) is 5.56 Å². The highest BCUT2D eigenvalue weighted by Crippen LogP contribution is 2.26. The van der Waals surface area contributed by atoms with E-state index in [0.29, 0.717) is 36.6 Å². The number of likely N-dealkylation sites (N-methyl/N-ethyl adjacent to an activating group) is 1. The van der Waals surface area contributed by atoms with E-state index in [2.05, 4.69) is 15.5 Å². The molecule has 0 bridgehead atoms. The molecule has 0 saturated heterocycles. The Morgan fingerprint density at radius 2 is 1.97 bits per heavy atom. The van der Waals surface area contributed by atoms with Crippen molar-refractivity contribution in [2.75, 3.05) is 39.6 Å². The van der Waals surface area contributed by atoms with Crippen LogP contribution in [0.2, 0.25) is 0 Å². The van der Waals surface area contributed by atoms with Gasteiger partial charge in [0.05, 0.1) is 19.4 Å². The van der Waals surface area contributed by atoms with Crippen LogP contribution in [-0.2, 0) is 25.5 Å². The molecule has 1 atom stereocenters. The van der Waals surface area contributed by atoms with E-state index in [0.717, 1.165) is 28.1 Å². The number of benzene rings is 1. The number of aryl methyl sites for hydroxylation is 1. The van der Waals surface area contributed by atoms with Gasteiger partial charge in [-0.15, -0.1) is 0 Å². The molecular formula is C22H29N7O4. The Bertz CT molecular complexity index is 1320. The number of oxime groups is 1. The molecule has 4 rings (SSSR count). The van der Waals surface area contributed by atoms with Crippen LogP contribution in [0.4, 0.5) is 5.95 Å². The van der Waals surface area contributed by atoms with Gasteiger partial charge in [-0.3, -0.25) is 13.9 Å². The minimum atomic E-state index is -0.420. The van der Waals surface area contributed by atoms with Gasteiger partial charge in [-0.1, -0.05) is 17.3 Å². The van der Waals surface area contributed by atoms with Crippen molar-refractivity contribution in [2.24, 2.45) is 19.3 Å². The molecule has 0 saturated carbocycles. The second-order valence-electron chi connectivity index (χ2n) is 8.32. The van der Waals surface area contributed by atoms with Gasteiger partial charge in [0.2, 0.25) is 5.95 Å². The molecule has 2 aromatic heterocycles. The largest absolute Gasteiger partial charge is 0.496 e. The molecule has 3 heterocycles. The van der Waals surface area contributed by atoms with Crippen molar-refractivity contribution in [3.05, 3.63) is 50.7 Å². The maximum Gasteiger partial charge on any atom is 0.332 e. The topological polar surface area (TPSA) is 108 Å². The van der Waals surface area contributed by atoms with Crippen LogP contribution in [0.25, 0.3) is 11.2 Å². The van der Waals surface area contributed by atoms with E-state index in [1.807, 2.05) is 43.3 Å². The lowest BCUT2D eigenvalue weighted by atomic mass is 10.0. The zero-order valence-corrected chi connectivity index (χ0v) is 19.5. The Morgan fingerprint density at radius 3 is 2.70 bits per heavy atom. The average molecular weight is 456 g/mol. The lowest BCUT2D eigenvalue weighted by Gasteiger charge is -2.15. The molecular weight excluding hydrogens is 426 g/mol. The number of methoxy groups -OCH3 is 1. The summed E-state index contributed by atoms with van der Waals surface area (Å²) in [7, 11) is 8.66. The second kappa shape index (κ2) is 9.10. The third-order valence-electron chi connectivity index (χ3n) is 5.73. The molecule has 1 N–H and O–H groups in total. The predicted octanol–water partition coefficient (Wildman–Crippen LogP) is 0.609. The highest BCUT2D eigenvalue weighted by atomic mass is 16.6. The van der Waals surface area contributed by atoms with Crippen LogP contribution in [-0.4, -0.2) is 69.7 Å². The lowest BCUT2D eigenvalue weighted by Crippen LogP contribution is -2.38. The molecule has 1 aliphatic rings. The first kappa shape index (κ1) is 22.6. The number of ether oxygens (including phenoxy) is 1. The number of fused-ring (bicyclic) bond motifs is 1. The molecule has 11 nitrogen and oxygen atoms in total. The molecule has 0 aliphatic carbocycles. The second-order valence-corrected chi connectivity index (χ2v) is 8.32. The molecule has 0 spiro atoms. The minimum absolute atomic E-state index is 0.307. The van der Waals surface area contributed by atoms with E-state index < -0.39 is 11.2 Å². The molecule has 33 heavy (non-hydrogen) atoms. The first-order chi connectivity index (χ1) is 15.8. The van der Waals surface area contributed by atoms with Crippen molar-refractivity contribution in [1.82, 2.24) is 23.6 Å². The molecule has 0 radical (unpaired) electrons. The highest BCUT2D eigenvalue weighted by molar-refractivity contribution is 6.03. The summed E-state index contributed by atoms with van der Waals surface area (Å²) in [5, 5.41) is 7.58. The first-order valence-corrected chi connectivity index (χ1v) is 10.7.